The summed E-state index contributed by atoms with van der Waals surface area (Å²) in [5.41, 5.74) is -0.109. The number of carbonyl (C=O) groups excluding carboxylic acids is 4. The average molecular weight is 776 g/mol. The first kappa shape index (κ1) is 43.7. The summed E-state index contributed by atoms with van der Waals surface area (Å²) in [5, 5.41) is 5.10. The number of Topliss-reactive ketones (excluding diaryl/α,β-unsaturated/α-hetero) is 1. The summed E-state index contributed by atoms with van der Waals surface area (Å²) in [7, 11) is 1.27. The maximum absolute atomic E-state index is 13.0. The van der Waals surface area contributed by atoms with Crippen LogP contribution in [0.1, 0.15) is 93.6 Å². The Labute approximate surface area is 282 Å². The van der Waals surface area contributed by atoms with Crippen LogP contribution in [0.2, 0.25) is 0 Å². The molecule has 2 aromatic rings. The minimum Gasteiger partial charge on any atom is -0.467 e. The van der Waals surface area contributed by atoms with E-state index in [4.69, 9.17) is 23.2 Å². The van der Waals surface area contributed by atoms with Gasteiger partial charge in [0.15, 0.2) is 5.78 Å². The zero-order valence-electron chi connectivity index (χ0n) is 24.5. The molecule has 0 aliphatic carbocycles. The Kier molecular flexibility index (Phi) is 26.7. The van der Waals surface area contributed by atoms with Crippen molar-refractivity contribution in [2.24, 2.45) is 0 Å². The molecule has 0 aliphatic rings. The standard InChI is InChI=1S/C14H18ClFN2O2.C14H19FN2O3.CH2ClI.CH4/c1-2-3-4-6-10(12(19)9-15)18-14(20)11-7-5-8-13(16)17-11;1-3-4-5-7-11(14(19)20-2)17-13(18)10-8-6-9-12(15)16-10;2-1-3;/h5,7-8,10H,2-4,6,9H2,1H3,(H,18,20);6,8-9,11H,3-5,7H2,1-2H3,(H,17,18);1H2;1H4/t10-;11-;;/m00../s1. The number of halogens is 5. The number of nitrogens with one attached hydrogen (secondary N) is 2. The molecular formula is C30H43Cl2F2IN4O5. The second-order valence-electron chi connectivity index (χ2n) is 8.96. The van der Waals surface area contributed by atoms with E-state index in [0.717, 1.165) is 50.7 Å². The highest BCUT2D eigenvalue weighted by Crippen LogP contribution is 2.08. The molecule has 0 saturated carbocycles. The molecule has 0 spiro atoms. The Hall–Kier alpha value is -2.45. The van der Waals surface area contributed by atoms with E-state index in [1.165, 1.54) is 31.4 Å². The quantitative estimate of drug-likeness (QED) is 0.0654. The summed E-state index contributed by atoms with van der Waals surface area (Å²) in [6, 6.07) is 6.50. The van der Waals surface area contributed by atoms with Crippen LogP contribution < -0.4 is 10.6 Å². The molecule has 0 aliphatic heterocycles. The molecule has 2 aromatic heterocycles. The van der Waals surface area contributed by atoms with Gasteiger partial charge in [-0.1, -0.05) is 94.5 Å². The Morgan fingerprint density at radius 3 is 1.59 bits per heavy atom. The van der Waals surface area contributed by atoms with Crippen molar-refractivity contribution in [3.05, 3.63) is 59.7 Å². The molecule has 0 fully saturated rings. The molecule has 248 valence electrons. The number of alkyl halides is 3. The highest BCUT2D eigenvalue weighted by molar-refractivity contribution is 14.1. The van der Waals surface area contributed by atoms with Crippen LogP contribution in [0.3, 0.4) is 0 Å². The number of amides is 2. The van der Waals surface area contributed by atoms with E-state index >= 15 is 0 Å². The number of methoxy groups -OCH3 is 1. The van der Waals surface area contributed by atoms with E-state index in [1.807, 2.05) is 13.8 Å². The largest absolute Gasteiger partial charge is 0.467 e. The van der Waals surface area contributed by atoms with E-state index in [2.05, 4.69) is 47.9 Å². The van der Waals surface area contributed by atoms with Crippen molar-refractivity contribution >= 4 is 69.4 Å². The molecule has 9 nitrogen and oxygen atoms in total. The molecule has 2 amide bonds. The number of rotatable bonds is 15. The lowest BCUT2D eigenvalue weighted by Crippen LogP contribution is -2.41. The van der Waals surface area contributed by atoms with Crippen molar-refractivity contribution in [3.63, 3.8) is 0 Å². The normalized spacial score (nSPS) is 11.2. The monoisotopic (exact) mass is 774 g/mol. The Morgan fingerprint density at radius 1 is 0.818 bits per heavy atom. The second kappa shape index (κ2) is 26.9. The number of ether oxygens (including phenoxy) is 1. The van der Waals surface area contributed by atoms with E-state index < -0.39 is 41.8 Å². The first-order valence-electron chi connectivity index (χ1n) is 13.7. The summed E-state index contributed by atoms with van der Waals surface area (Å²) in [6.45, 7) is 4.09. The van der Waals surface area contributed by atoms with Crippen LogP contribution in [-0.4, -0.2) is 62.5 Å². The maximum atomic E-state index is 13.0. The van der Waals surface area contributed by atoms with E-state index in [1.54, 1.807) is 0 Å². The fourth-order valence-corrected chi connectivity index (χ4v) is 3.71. The van der Waals surface area contributed by atoms with Gasteiger partial charge in [-0.2, -0.15) is 8.78 Å². The lowest BCUT2D eigenvalue weighted by molar-refractivity contribution is -0.143. The van der Waals surface area contributed by atoms with Gasteiger partial charge in [-0.15, -0.1) is 23.2 Å². The van der Waals surface area contributed by atoms with Crippen LogP contribution >= 0.6 is 45.8 Å². The summed E-state index contributed by atoms with van der Waals surface area (Å²) in [4.78, 5) is 54.1. The zero-order valence-corrected chi connectivity index (χ0v) is 28.2. The minimum atomic E-state index is -0.738. The van der Waals surface area contributed by atoms with E-state index in [9.17, 15) is 28.0 Å². The summed E-state index contributed by atoms with van der Waals surface area (Å²) >= 11 is 12.6. The number of aromatic nitrogens is 2. The van der Waals surface area contributed by atoms with Crippen molar-refractivity contribution in [2.75, 3.05) is 16.9 Å². The van der Waals surface area contributed by atoms with Crippen LogP contribution in [-0.2, 0) is 14.3 Å². The number of hydrogen-bond acceptors (Lipinski definition) is 7. The maximum Gasteiger partial charge on any atom is 0.328 e. The topological polar surface area (TPSA) is 127 Å². The van der Waals surface area contributed by atoms with Gasteiger partial charge >= 0.3 is 5.97 Å². The van der Waals surface area contributed by atoms with E-state index in [0.29, 0.717) is 16.7 Å². The molecular weight excluding hydrogens is 732 g/mol. The SMILES string of the molecule is C.CCCCC[C@H](NC(=O)c1cccc(F)n1)C(=O)CCl.CCCCC[C@H](NC(=O)c1cccc(F)n1)C(=O)OC.ClCI. The number of pyridine rings is 2. The smallest absolute Gasteiger partial charge is 0.328 e. The molecule has 0 aromatic carbocycles. The van der Waals surface area contributed by atoms with E-state index in [-0.39, 0.29) is 30.5 Å². The van der Waals surface area contributed by atoms with Crippen molar-refractivity contribution in [1.82, 2.24) is 20.6 Å². The number of carbonyl (C=O) groups is 4. The van der Waals surface area contributed by atoms with Gasteiger partial charge in [0.2, 0.25) is 11.9 Å². The number of unbranched alkanes of at least 4 members (excludes halogenated alkanes) is 4. The third-order valence-electron chi connectivity index (χ3n) is 5.70. The second-order valence-corrected chi connectivity index (χ2v) is 11.2. The lowest BCUT2D eigenvalue weighted by atomic mass is 10.0. The van der Waals surface area contributed by atoms with Crippen molar-refractivity contribution in [3.8, 4) is 0 Å². The molecule has 2 atom stereocenters. The van der Waals surface area contributed by atoms with Gasteiger partial charge in [-0.05, 0) is 37.1 Å². The Bertz CT molecular complexity index is 1050. The highest BCUT2D eigenvalue weighted by atomic mass is 127. The predicted molar refractivity (Wildman–Crippen MR) is 178 cm³/mol. The van der Waals surface area contributed by atoms with Gasteiger partial charge in [-0.25, -0.2) is 14.8 Å². The third-order valence-corrected chi connectivity index (χ3v) is 5.97. The number of esters is 1. The van der Waals surface area contributed by atoms with Crippen LogP contribution in [0.15, 0.2) is 36.4 Å². The first-order chi connectivity index (χ1) is 20.6. The predicted octanol–water partition coefficient (Wildman–Crippen LogP) is 7.03. The molecule has 44 heavy (non-hydrogen) atoms. The van der Waals surface area contributed by atoms with Gasteiger partial charge in [0, 0.05) is 0 Å². The van der Waals surface area contributed by atoms with Gasteiger partial charge in [0.25, 0.3) is 11.8 Å². The third kappa shape index (κ3) is 19.0. The molecule has 0 saturated heterocycles. The summed E-state index contributed by atoms with van der Waals surface area (Å²) < 4.78 is 31.3. The molecule has 14 heteroatoms. The van der Waals surface area contributed by atoms with Gasteiger partial charge in [0.1, 0.15) is 17.4 Å². The fourth-order valence-electron chi connectivity index (χ4n) is 3.53. The zero-order chi connectivity index (χ0) is 32.6. The van der Waals surface area contributed by atoms with Crippen LogP contribution in [0.4, 0.5) is 8.78 Å². The van der Waals surface area contributed by atoms with Crippen molar-refractivity contribution < 1.29 is 32.7 Å². The molecule has 0 radical (unpaired) electrons. The highest BCUT2D eigenvalue weighted by Gasteiger charge is 2.23. The Morgan fingerprint density at radius 2 is 1.23 bits per heavy atom. The summed E-state index contributed by atoms with van der Waals surface area (Å²) in [6.07, 6.45) is 6.59. The van der Waals surface area contributed by atoms with Crippen molar-refractivity contribution in [2.45, 2.75) is 84.7 Å². The number of nitrogens with zero attached hydrogens (tertiary/aromatic N) is 2. The fraction of sp³-hybridized carbons (Fsp3) is 0.533. The van der Waals surface area contributed by atoms with Crippen LogP contribution in [0.5, 0.6) is 0 Å². The van der Waals surface area contributed by atoms with Gasteiger partial charge in [-0.3, -0.25) is 14.4 Å². The Balaban J connectivity index is 0. The average Bonchev–Trinajstić information content (AvgIpc) is 3.00. The molecule has 2 heterocycles. The summed E-state index contributed by atoms with van der Waals surface area (Å²) in [5.74, 6) is -3.53. The molecule has 0 unspecified atom stereocenters. The molecule has 2 rings (SSSR count). The number of hydrogen-bond donors (Lipinski definition) is 2. The van der Waals surface area contributed by atoms with Crippen LogP contribution in [0, 0.1) is 11.9 Å². The number of ketones is 1. The molecule has 2 N–H and O–H groups in total. The molecule has 0 bridgehead atoms. The van der Waals surface area contributed by atoms with Gasteiger partial charge in [0.05, 0.1) is 22.9 Å². The first-order valence-corrected chi connectivity index (χ1v) is 16.3. The van der Waals surface area contributed by atoms with Crippen LogP contribution in [0.25, 0.3) is 0 Å². The minimum absolute atomic E-state index is 0. The van der Waals surface area contributed by atoms with Gasteiger partial charge < -0.3 is 15.4 Å². The lowest BCUT2D eigenvalue weighted by Gasteiger charge is -2.16. The van der Waals surface area contributed by atoms with Crippen molar-refractivity contribution in [1.29, 1.82) is 0 Å².